The highest BCUT2D eigenvalue weighted by atomic mass is 32.2. The maximum Gasteiger partial charge on any atom is 0.407 e. The number of ether oxygens (including phenoxy) is 1. The minimum absolute atomic E-state index is 0.0675. The molecule has 2 amide bonds. The van der Waals surface area contributed by atoms with E-state index >= 15 is 0 Å². The zero-order chi connectivity index (χ0) is 24.7. The van der Waals surface area contributed by atoms with Crippen LogP contribution < -0.4 is 5.32 Å². The van der Waals surface area contributed by atoms with Gasteiger partial charge in [-0.25, -0.2) is 4.79 Å². The molecule has 34 heavy (non-hydrogen) atoms. The number of fused-ring (bicyclic) bond motifs is 3. The van der Waals surface area contributed by atoms with Crippen molar-refractivity contribution in [3.63, 3.8) is 0 Å². The van der Waals surface area contributed by atoms with Crippen molar-refractivity contribution in [1.29, 1.82) is 0 Å². The Hall–Kier alpha value is -3.00. The van der Waals surface area contributed by atoms with Crippen LogP contribution in [0, 0.1) is 5.92 Å². The van der Waals surface area contributed by atoms with Crippen molar-refractivity contribution in [3.8, 4) is 11.1 Å². The Kier molecular flexibility index (Phi) is 8.98. The van der Waals surface area contributed by atoms with Crippen molar-refractivity contribution in [3.05, 3.63) is 59.7 Å². The number of nitrogens with zero attached hydrogens (tertiary/aromatic N) is 1. The van der Waals surface area contributed by atoms with E-state index in [4.69, 9.17) is 4.74 Å². The number of nitrogens with one attached hydrogen (secondary N) is 1. The Morgan fingerprint density at radius 2 is 1.68 bits per heavy atom. The number of rotatable bonds is 11. The van der Waals surface area contributed by atoms with Crippen molar-refractivity contribution < 1.29 is 24.2 Å². The van der Waals surface area contributed by atoms with Gasteiger partial charge in [0.2, 0.25) is 5.91 Å². The van der Waals surface area contributed by atoms with E-state index in [0.29, 0.717) is 18.7 Å². The number of carboxylic acids is 1. The predicted molar refractivity (Wildman–Crippen MR) is 134 cm³/mol. The third-order valence-electron chi connectivity index (χ3n) is 6.15. The maximum absolute atomic E-state index is 13.1. The molecular weight excluding hydrogens is 452 g/mol. The molecule has 1 aliphatic carbocycles. The van der Waals surface area contributed by atoms with Crippen molar-refractivity contribution in [2.24, 2.45) is 5.92 Å². The number of carboxylic acid groups (broad SMARTS) is 1. The maximum atomic E-state index is 13.1. The normalized spacial score (nSPS) is 14.0. The lowest BCUT2D eigenvalue weighted by atomic mass is 9.98. The first kappa shape index (κ1) is 25.6. The molecule has 0 saturated carbocycles. The first-order valence-corrected chi connectivity index (χ1v) is 12.9. The van der Waals surface area contributed by atoms with E-state index in [-0.39, 0.29) is 25.0 Å². The highest BCUT2D eigenvalue weighted by molar-refractivity contribution is 7.98. The van der Waals surface area contributed by atoms with Crippen LogP contribution in [0.5, 0.6) is 0 Å². The molecule has 0 radical (unpaired) electrons. The predicted octanol–water partition coefficient (Wildman–Crippen LogP) is 4.22. The average Bonchev–Trinajstić information content (AvgIpc) is 3.16. The Bertz CT molecular complexity index is 982. The van der Waals surface area contributed by atoms with Gasteiger partial charge in [-0.15, -0.1) is 0 Å². The average molecular weight is 485 g/mol. The molecule has 3 rings (SSSR count). The summed E-state index contributed by atoms with van der Waals surface area (Å²) < 4.78 is 5.61. The highest BCUT2D eigenvalue weighted by Crippen LogP contribution is 2.44. The first-order valence-electron chi connectivity index (χ1n) is 11.5. The van der Waals surface area contributed by atoms with Crippen molar-refractivity contribution in [2.45, 2.75) is 32.2 Å². The third kappa shape index (κ3) is 5.91. The summed E-state index contributed by atoms with van der Waals surface area (Å²) in [6.07, 6.45) is 1.71. The van der Waals surface area contributed by atoms with E-state index in [1.165, 1.54) is 4.90 Å². The second kappa shape index (κ2) is 11.9. The van der Waals surface area contributed by atoms with Crippen LogP contribution in [0.1, 0.15) is 37.3 Å². The van der Waals surface area contributed by atoms with Gasteiger partial charge in [-0.1, -0.05) is 55.5 Å². The molecule has 2 atom stereocenters. The number of aliphatic carboxylic acids is 1. The third-order valence-corrected chi connectivity index (χ3v) is 6.80. The molecule has 0 bridgehead atoms. The molecule has 7 nitrogen and oxygen atoms in total. The largest absolute Gasteiger partial charge is 0.481 e. The van der Waals surface area contributed by atoms with Gasteiger partial charge in [-0.2, -0.15) is 11.8 Å². The molecule has 2 aromatic carbocycles. The number of hydrogen-bond acceptors (Lipinski definition) is 5. The SMILES string of the molecule is CCN(CC(C)C(=O)O)C(=O)[C@@H](CCSC)NC(=O)OCC1c2ccccc2-c2ccccc21. The molecule has 1 unspecified atom stereocenters. The number of benzene rings is 2. The summed E-state index contributed by atoms with van der Waals surface area (Å²) >= 11 is 1.57. The van der Waals surface area contributed by atoms with Gasteiger partial charge in [0.1, 0.15) is 12.6 Å². The molecule has 0 aromatic heterocycles. The van der Waals surface area contributed by atoms with Gasteiger partial charge in [-0.05, 0) is 47.6 Å². The quantitative estimate of drug-likeness (QED) is 0.496. The van der Waals surface area contributed by atoms with Gasteiger partial charge in [0, 0.05) is 19.0 Å². The molecule has 0 spiro atoms. The topological polar surface area (TPSA) is 95.9 Å². The second-order valence-electron chi connectivity index (χ2n) is 8.42. The van der Waals surface area contributed by atoms with Crippen molar-refractivity contribution >= 4 is 29.7 Å². The molecule has 0 fully saturated rings. The fourth-order valence-corrected chi connectivity index (χ4v) is 4.75. The summed E-state index contributed by atoms with van der Waals surface area (Å²) in [7, 11) is 0. The zero-order valence-electron chi connectivity index (χ0n) is 19.8. The van der Waals surface area contributed by atoms with Crippen LogP contribution in [0.4, 0.5) is 4.79 Å². The fraction of sp³-hybridized carbons (Fsp3) is 0.423. The Morgan fingerprint density at radius 1 is 1.09 bits per heavy atom. The molecule has 0 aliphatic heterocycles. The Morgan fingerprint density at radius 3 is 2.21 bits per heavy atom. The van der Waals surface area contributed by atoms with Gasteiger partial charge in [0.15, 0.2) is 0 Å². The van der Waals surface area contributed by atoms with Crippen LogP contribution in [0.3, 0.4) is 0 Å². The zero-order valence-corrected chi connectivity index (χ0v) is 20.6. The van der Waals surface area contributed by atoms with Crippen LogP contribution in [0.2, 0.25) is 0 Å². The van der Waals surface area contributed by atoms with Crippen molar-refractivity contribution in [2.75, 3.05) is 31.7 Å². The van der Waals surface area contributed by atoms with E-state index in [2.05, 4.69) is 29.6 Å². The minimum Gasteiger partial charge on any atom is -0.481 e. The van der Waals surface area contributed by atoms with E-state index in [9.17, 15) is 19.5 Å². The Labute approximate surface area is 204 Å². The number of carbonyl (C=O) groups is 3. The fourth-order valence-electron chi connectivity index (χ4n) is 4.28. The smallest absolute Gasteiger partial charge is 0.407 e. The molecular formula is C26H32N2O5S. The summed E-state index contributed by atoms with van der Waals surface area (Å²) in [5.41, 5.74) is 4.52. The number of alkyl carbamates (subject to hydrolysis) is 1. The molecule has 1 aliphatic rings. The van der Waals surface area contributed by atoms with Crippen LogP contribution >= 0.6 is 11.8 Å². The summed E-state index contributed by atoms with van der Waals surface area (Å²) in [6, 6.07) is 15.4. The lowest BCUT2D eigenvalue weighted by Gasteiger charge is -2.28. The summed E-state index contributed by atoms with van der Waals surface area (Å²) in [4.78, 5) is 38.6. The molecule has 2 aromatic rings. The molecule has 2 N–H and O–H groups in total. The highest BCUT2D eigenvalue weighted by Gasteiger charge is 2.31. The lowest BCUT2D eigenvalue weighted by Crippen LogP contribution is -2.50. The lowest BCUT2D eigenvalue weighted by molar-refractivity contribution is -0.143. The summed E-state index contributed by atoms with van der Waals surface area (Å²) in [5, 5.41) is 11.9. The van der Waals surface area contributed by atoms with Gasteiger partial charge in [0.25, 0.3) is 0 Å². The monoisotopic (exact) mass is 484 g/mol. The van der Waals surface area contributed by atoms with E-state index in [1.807, 2.05) is 30.5 Å². The van der Waals surface area contributed by atoms with Crippen LogP contribution in [-0.4, -0.2) is 65.7 Å². The van der Waals surface area contributed by atoms with E-state index in [0.717, 1.165) is 22.3 Å². The van der Waals surface area contributed by atoms with Crippen LogP contribution in [0.25, 0.3) is 11.1 Å². The van der Waals surface area contributed by atoms with Gasteiger partial charge >= 0.3 is 12.1 Å². The Balaban J connectivity index is 1.67. The standard InChI is InChI=1S/C26H32N2O5S/c1-4-28(15-17(2)25(30)31)24(29)23(13-14-34-3)27-26(32)33-16-22-20-11-7-5-9-18(20)19-10-6-8-12-21(19)22/h5-12,17,22-23H,4,13-16H2,1-3H3,(H,27,32)(H,30,31)/t17?,23-/m1/s1. The summed E-state index contributed by atoms with van der Waals surface area (Å²) in [6.45, 7) is 3.97. The van der Waals surface area contributed by atoms with Gasteiger partial charge < -0.3 is 20.1 Å². The molecule has 0 saturated heterocycles. The summed E-state index contributed by atoms with van der Waals surface area (Å²) in [5.74, 6) is -1.34. The number of hydrogen-bond donors (Lipinski definition) is 2. The van der Waals surface area contributed by atoms with Crippen LogP contribution in [0.15, 0.2) is 48.5 Å². The van der Waals surface area contributed by atoms with E-state index in [1.54, 1.807) is 25.6 Å². The van der Waals surface area contributed by atoms with Gasteiger partial charge in [-0.3, -0.25) is 9.59 Å². The van der Waals surface area contributed by atoms with Crippen molar-refractivity contribution in [1.82, 2.24) is 10.2 Å². The number of likely N-dealkylation sites (N-methyl/N-ethyl adjacent to an activating group) is 1. The van der Waals surface area contributed by atoms with Gasteiger partial charge in [0.05, 0.1) is 5.92 Å². The number of carbonyl (C=O) groups excluding carboxylic acids is 2. The minimum atomic E-state index is -0.962. The molecule has 0 heterocycles. The number of thioether (sulfide) groups is 1. The molecule has 182 valence electrons. The second-order valence-corrected chi connectivity index (χ2v) is 9.41. The van der Waals surface area contributed by atoms with E-state index < -0.39 is 24.0 Å². The van der Waals surface area contributed by atoms with Crippen LogP contribution in [-0.2, 0) is 14.3 Å². The number of amides is 2. The molecule has 8 heteroatoms. The first-order chi connectivity index (χ1) is 16.4.